The third-order valence-electron chi connectivity index (χ3n) is 6.15. The SMILES string of the molecule is O=C(NN=Cc1ccc2c3c(cccc13)CC2)c1ccc(C[NH+]2CCOCC2)cc1. The average molecular weight is 401 g/mol. The smallest absolute Gasteiger partial charge is 0.271 e. The fraction of sp³-hybridized carbons (Fsp3) is 0.280. The van der Waals surface area contributed by atoms with Crippen molar-refractivity contribution in [3.63, 3.8) is 0 Å². The van der Waals surface area contributed by atoms with E-state index in [2.05, 4.69) is 40.9 Å². The second-order valence-corrected chi connectivity index (χ2v) is 8.09. The van der Waals surface area contributed by atoms with E-state index in [-0.39, 0.29) is 5.91 Å². The highest BCUT2D eigenvalue weighted by Gasteiger charge is 2.16. The lowest BCUT2D eigenvalue weighted by Gasteiger charge is -2.23. The first-order valence-electron chi connectivity index (χ1n) is 10.6. The largest absolute Gasteiger partial charge is 0.370 e. The molecule has 1 aliphatic carbocycles. The molecule has 3 aromatic carbocycles. The lowest BCUT2D eigenvalue weighted by atomic mass is 10.0. The summed E-state index contributed by atoms with van der Waals surface area (Å²) < 4.78 is 5.41. The van der Waals surface area contributed by atoms with Gasteiger partial charge in [-0.05, 0) is 46.9 Å². The maximum atomic E-state index is 12.5. The van der Waals surface area contributed by atoms with E-state index in [1.54, 1.807) is 6.21 Å². The van der Waals surface area contributed by atoms with E-state index in [0.29, 0.717) is 5.56 Å². The Morgan fingerprint density at radius 3 is 2.57 bits per heavy atom. The van der Waals surface area contributed by atoms with E-state index in [1.165, 1.54) is 32.4 Å². The van der Waals surface area contributed by atoms with Gasteiger partial charge in [0.15, 0.2) is 0 Å². The van der Waals surface area contributed by atoms with Crippen molar-refractivity contribution in [2.45, 2.75) is 19.4 Å². The number of hydrogen-bond donors (Lipinski definition) is 2. The van der Waals surface area contributed by atoms with Gasteiger partial charge in [-0.15, -0.1) is 0 Å². The maximum absolute atomic E-state index is 12.5. The minimum Gasteiger partial charge on any atom is -0.370 e. The highest BCUT2D eigenvalue weighted by atomic mass is 16.5. The Bertz CT molecular complexity index is 1090. The van der Waals surface area contributed by atoms with Crippen LogP contribution >= 0.6 is 0 Å². The van der Waals surface area contributed by atoms with Crippen LogP contribution in [0, 0.1) is 0 Å². The number of hydrazone groups is 1. The number of benzene rings is 3. The van der Waals surface area contributed by atoms with Crippen molar-refractivity contribution in [1.29, 1.82) is 0 Å². The summed E-state index contributed by atoms with van der Waals surface area (Å²) in [5.74, 6) is -0.192. The molecule has 0 saturated carbocycles. The number of amides is 1. The van der Waals surface area contributed by atoms with Gasteiger partial charge in [-0.25, -0.2) is 5.43 Å². The number of nitrogens with zero attached hydrogens (tertiary/aromatic N) is 1. The summed E-state index contributed by atoms with van der Waals surface area (Å²) in [6.45, 7) is 4.69. The molecule has 0 unspecified atom stereocenters. The first kappa shape index (κ1) is 19.0. The summed E-state index contributed by atoms with van der Waals surface area (Å²) in [6.07, 6.45) is 3.95. The third-order valence-corrected chi connectivity index (χ3v) is 6.15. The number of quaternary nitrogens is 1. The monoisotopic (exact) mass is 400 g/mol. The summed E-state index contributed by atoms with van der Waals surface area (Å²) >= 11 is 0. The first-order valence-corrected chi connectivity index (χ1v) is 10.6. The summed E-state index contributed by atoms with van der Waals surface area (Å²) in [5.41, 5.74) is 8.36. The first-order chi connectivity index (χ1) is 14.8. The molecular weight excluding hydrogens is 374 g/mol. The highest BCUT2D eigenvalue weighted by Crippen LogP contribution is 2.32. The molecular formula is C25H26N3O2+. The van der Waals surface area contributed by atoms with Crippen molar-refractivity contribution >= 4 is 22.9 Å². The van der Waals surface area contributed by atoms with Gasteiger partial charge in [-0.2, -0.15) is 5.10 Å². The summed E-state index contributed by atoms with van der Waals surface area (Å²) in [5, 5.41) is 6.78. The fourth-order valence-corrected chi connectivity index (χ4v) is 4.51. The molecule has 1 heterocycles. The van der Waals surface area contributed by atoms with Gasteiger partial charge in [0.2, 0.25) is 0 Å². The number of rotatable bonds is 5. The van der Waals surface area contributed by atoms with Crippen LogP contribution in [0.1, 0.15) is 32.6 Å². The van der Waals surface area contributed by atoms with Crippen LogP contribution in [0.4, 0.5) is 0 Å². The molecule has 2 aliphatic rings. The Hall–Kier alpha value is -3.02. The second kappa shape index (κ2) is 8.38. The second-order valence-electron chi connectivity index (χ2n) is 8.09. The van der Waals surface area contributed by atoms with Crippen LogP contribution < -0.4 is 10.3 Å². The lowest BCUT2D eigenvalue weighted by Crippen LogP contribution is -3.12. The minimum atomic E-state index is -0.192. The molecule has 0 atom stereocenters. The Morgan fingerprint density at radius 2 is 1.77 bits per heavy atom. The normalized spacial score (nSPS) is 16.4. The molecule has 5 rings (SSSR count). The predicted molar refractivity (Wildman–Crippen MR) is 118 cm³/mol. The van der Waals surface area contributed by atoms with Gasteiger partial charge in [0.25, 0.3) is 5.91 Å². The molecule has 2 N–H and O–H groups in total. The van der Waals surface area contributed by atoms with Crippen molar-refractivity contribution in [2.24, 2.45) is 5.10 Å². The van der Waals surface area contributed by atoms with Crippen molar-refractivity contribution in [1.82, 2.24) is 5.43 Å². The molecule has 1 aliphatic heterocycles. The van der Waals surface area contributed by atoms with Crippen LogP contribution in [0.5, 0.6) is 0 Å². The summed E-state index contributed by atoms with van der Waals surface area (Å²) in [4.78, 5) is 14.0. The van der Waals surface area contributed by atoms with Gasteiger partial charge < -0.3 is 9.64 Å². The molecule has 0 radical (unpaired) electrons. The quantitative estimate of drug-likeness (QED) is 0.509. The van der Waals surface area contributed by atoms with Gasteiger partial charge >= 0.3 is 0 Å². The number of carbonyl (C=O) groups is 1. The number of carbonyl (C=O) groups excluding carboxylic acids is 1. The topological polar surface area (TPSA) is 55.1 Å². The zero-order valence-electron chi connectivity index (χ0n) is 17.0. The van der Waals surface area contributed by atoms with E-state index in [9.17, 15) is 4.79 Å². The van der Waals surface area contributed by atoms with Crippen LogP contribution in [0.15, 0.2) is 59.7 Å². The molecule has 5 heteroatoms. The lowest BCUT2D eigenvalue weighted by molar-refractivity contribution is -0.921. The van der Waals surface area contributed by atoms with Crippen LogP contribution in [0.2, 0.25) is 0 Å². The molecule has 152 valence electrons. The van der Waals surface area contributed by atoms with Gasteiger partial charge in [0, 0.05) is 16.7 Å². The Kier molecular flexibility index (Phi) is 5.30. The van der Waals surface area contributed by atoms with Gasteiger partial charge in [-0.3, -0.25) is 4.79 Å². The molecule has 1 amide bonds. The molecule has 1 fully saturated rings. The molecule has 30 heavy (non-hydrogen) atoms. The Labute approximate surface area is 176 Å². The Morgan fingerprint density at radius 1 is 1.00 bits per heavy atom. The van der Waals surface area contributed by atoms with Crippen molar-refractivity contribution in [2.75, 3.05) is 26.3 Å². The zero-order valence-corrected chi connectivity index (χ0v) is 17.0. The van der Waals surface area contributed by atoms with E-state index < -0.39 is 0 Å². The molecule has 3 aromatic rings. The summed E-state index contributed by atoms with van der Waals surface area (Å²) in [6, 6.07) is 18.5. The number of ether oxygens (including phenoxy) is 1. The number of hydrogen-bond acceptors (Lipinski definition) is 3. The molecule has 5 nitrogen and oxygen atoms in total. The van der Waals surface area contributed by atoms with Crippen LogP contribution in [-0.4, -0.2) is 38.4 Å². The van der Waals surface area contributed by atoms with Gasteiger partial charge in [0.1, 0.15) is 19.6 Å². The van der Waals surface area contributed by atoms with Crippen molar-refractivity contribution in [3.8, 4) is 0 Å². The van der Waals surface area contributed by atoms with Crippen LogP contribution in [0.25, 0.3) is 10.8 Å². The van der Waals surface area contributed by atoms with Crippen molar-refractivity contribution < 1.29 is 14.4 Å². The van der Waals surface area contributed by atoms with Gasteiger partial charge in [0.05, 0.1) is 19.4 Å². The van der Waals surface area contributed by atoms with Gasteiger partial charge in [-0.1, -0.05) is 42.5 Å². The highest BCUT2D eigenvalue weighted by molar-refractivity contribution is 6.03. The minimum absolute atomic E-state index is 0.192. The number of aryl methyl sites for hydroxylation is 2. The van der Waals surface area contributed by atoms with E-state index >= 15 is 0 Å². The maximum Gasteiger partial charge on any atom is 0.271 e. The van der Waals surface area contributed by atoms with E-state index in [4.69, 9.17) is 4.74 Å². The predicted octanol–water partition coefficient (Wildman–Crippen LogP) is 2.12. The average Bonchev–Trinajstić information content (AvgIpc) is 3.21. The molecule has 0 bridgehead atoms. The molecule has 1 saturated heterocycles. The third kappa shape index (κ3) is 3.86. The van der Waals surface area contributed by atoms with Crippen molar-refractivity contribution in [3.05, 3.63) is 82.4 Å². The van der Waals surface area contributed by atoms with Crippen LogP contribution in [0.3, 0.4) is 0 Å². The fourth-order valence-electron chi connectivity index (χ4n) is 4.51. The number of nitrogens with one attached hydrogen (secondary N) is 2. The molecule has 0 aromatic heterocycles. The van der Waals surface area contributed by atoms with E-state index in [0.717, 1.165) is 51.3 Å². The zero-order chi connectivity index (χ0) is 20.3. The molecule has 0 spiro atoms. The Balaban J connectivity index is 1.24. The summed E-state index contributed by atoms with van der Waals surface area (Å²) in [7, 11) is 0. The van der Waals surface area contributed by atoms with E-state index in [1.807, 2.05) is 24.3 Å². The van der Waals surface area contributed by atoms with Crippen LogP contribution in [-0.2, 0) is 24.1 Å². The standard InChI is InChI=1S/C25H25N3O2/c29-25(21-6-4-18(5-7-21)17-28-12-14-30-15-13-28)27-26-16-22-11-10-20-9-8-19-2-1-3-23(22)24(19)20/h1-7,10-11,16H,8-9,12-15,17H2,(H,27,29)/p+1. The number of morpholine rings is 1.